The first-order valence-electron chi connectivity index (χ1n) is 4.38. The topological polar surface area (TPSA) is 57.5 Å². The predicted octanol–water partition coefficient (Wildman–Crippen LogP) is -0.0340. The van der Waals surface area contributed by atoms with Gasteiger partial charge in [0, 0.05) is 12.0 Å². The van der Waals surface area contributed by atoms with Gasteiger partial charge in [-0.25, -0.2) is 0 Å². The van der Waals surface area contributed by atoms with Gasteiger partial charge in [0.15, 0.2) is 5.78 Å². The minimum atomic E-state index is -1.48. The lowest BCUT2D eigenvalue weighted by molar-refractivity contribution is 0.0994. The van der Waals surface area contributed by atoms with Crippen molar-refractivity contribution in [2.45, 2.75) is 6.42 Å². The molecule has 0 unspecified atom stereocenters. The lowest BCUT2D eigenvalue weighted by atomic mass is 9.78. The summed E-state index contributed by atoms with van der Waals surface area (Å²) in [6.45, 7) is 0. The highest BCUT2D eigenvalue weighted by Crippen LogP contribution is 2.17. The first kappa shape index (κ1) is 9.18. The molecule has 0 aromatic heterocycles. The van der Waals surface area contributed by atoms with Gasteiger partial charge in [0.2, 0.25) is 0 Å². The van der Waals surface area contributed by atoms with Crippen molar-refractivity contribution in [3.63, 3.8) is 0 Å². The molecule has 0 fully saturated rings. The molecule has 0 amide bonds. The molecule has 0 saturated carbocycles. The van der Waals surface area contributed by atoms with E-state index in [9.17, 15) is 4.79 Å². The Hall–Kier alpha value is -1.39. The summed E-state index contributed by atoms with van der Waals surface area (Å²) in [7, 11) is -1.48. The van der Waals surface area contributed by atoms with Crippen LogP contribution in [0.1, 0.15) is 22.3 Å². The third-order valence-electron chi connectivity index (χ3n) is 2.27. The molecule has 1 aromatic carbocycles. The van der Waals surface area contributed by atoms with Crippen LogP contribution < -0.4 is 5.46 Å². The second kappa shape index (κ2) is 3.40. The Morgan fingerprint density at radius 3 is 2.79 bits per heavy atom. The SMILES string of the molecule is O=C1CC=Cc2cc(B(O)O)ccc21. The molecule has 0 aliphatic heterocycles. The Morgan fingerprint density at radius 1 is 1.29 bits per heavy atom. The first-order valence-corrected chi connectivity index (χ1v) is 4.38. The molecule has 0 bridgehead atoms. The second-order valence-electron chi connectivity index (χ2n) is 3.25. The van der Waals surface area contributed by atoms with Crippen LogP contribution in [0, 0.1) is 0 Å². The summed E-state index contributed by atoms with van der Waals surface area (Å²) in [6.07, 6.45) is 4.02. The predicted molar refractivity (Wildman–Crippen MR) is 54.2 cm³/mol. The maximum absolute atomic E-state index is 11.4. The van der Waals surface area contributed by atoms with Crippen molar-refractivity contribution < 1.29 is 14.8 Å². The van der Waals surface area contributed by atoms with Gasteiger partial charge < -0.3 is 10.0 Å². The lowest BCUT2D eigenvalue weighted by Crippen LogP contribution is -2.30. The van der Waals surface area contributed by atoms with Crippen molar-refractivity contribution in [1.29, 1.82) is 0 Å². The van der Waals surface area contributed by atoms with Crippen LogP contribution in [0.2, 0.25) is 0 Å². The first-order chi connectivity index (χ1) is 6.68. The number of hydrogen-bond donors (Lipinski definition) is 2. The Kier molecular flexibility index (Phi) is 2.23. The summed E-state index contributed by atoms with van der Waals surface area (Å²) in [5.74, 6) is 0.0708. The van der Waals surface area contributed by atoms with Gasteiger partial charge in [0.05, 0.1) is 0 Å². The number of benzene rings is 1. The Labute approximate surface area is 81.8 Å². The molecular weight excluding hydrogens is 179 g/mol. The third-order valence-corrected chi connectivity index (χ3v) is 2.27. The Morgan fingerprint density at radius 2 is 2.07 bits per heavy atom. The van der Waals surface area contributed by atoms with Crippen LogP contribution in [0.15, 0.2) is 24.3 Å². The highest BCUT2D eigenvalue weighted by Gasteiger charge is 2.17. The molecule has 0 spiro atoms. The van der Waals surface area contributed by atoms with Gasteiger partial charge in [0.25, 0.3) is 0 Å². The zero-order valence-corrected chi connectivity index (χ0v) is 7.47. The van der Waals surface area contributed by atoms with Gasteiger partial charge in [-0.2, -0.15) is 0 Å². The van der Waals surface area contributed by atoms with E-state index in [2.05, 4.69) is 0 Å². The van der Waals surface area contributed by atoms with E-state index < -0.39 is 7.12 Å². The number of ketones is 1. The number of carbonyl (C=O) groups excluding carboxylic acids is 1. The second-order valence-corrected chi connectivity index (χ2v) is 3.25. The molecule has 1 aliphatic rings. The van der Waals surface area contributed by atoms with Gasteiger partial charge >= 0.3 is 7.12 Å². The largest absolute Gasteiger partial charge is 0.488 e. The van der Waals surface area contributed by atoms with E-state index >= 15 is 0 Å². The van der Waals surface area contributed by atoms with Crippen molar-refractivity contribution in [2.75, 3.05) is 0 Å². The average molecular weight is 188 g/mol. The van der Waals surface area contributed by atoms with E-state index in [1.165, 1.54) is 0 Å². The molecule has 70 valence electrons. The maximum atomic E-state index is 11.4. The van der Waals surface area contributed by atoms with E-state index in [4.69, 9.17) is 10.0 Å². The molecular formula is C10H9BO3. The molecule has 4 heteroatoms. The molecule has 2 N–H and O–H groups in total. The molecule has 0 radical (unpaired) electrons. The normalized spacial score (nSPS) is 14.0. The van der Waals surface area contributed by atoms with Crippen LogP contribution in [0.25, 0.3) is 6.08 Å². The average Bonchev–Trinajstić information content (AvgIpc) is 2.17. The maximum Gasteiger partial charge on any atom is 0.488 e. The van der Waals surface area contributed by atoms with Crippen LogP contribution in [-0.2, 0) is 0 Å². The van der Waals surface area contributed by atoms with Crippen molar-refractivity contribution in [3.8, 4) is 0 Å². The third kappa shape index (κ3) is 1.50. The molecule has 0 atom stereocenters. The van der Waals surface area contributed by atoms with E-state index in [-0.39, 0.29) is 5.78 Å². The van der Waals surface area contributed by atoms with E-state index in [0.29, 0.717) is 17.4 Å². The lowest BCUT2D eigenvalue weighted by Gasteiger charge is -2.10. The number of fused-ring (bicyclic) bond motifs is 1. The molecule has 2 rings (SSSR count). The van der Waals surface area contributed by atoms with Crippen LogP contribution >= 0.6 is 0 Å². The Bertz CT molecular complexity index is 410. The summed E-state index contributed by atoms with van der Waals surface area (Å²) in [4.78, 5) is 11.4. The fourth-order valence-electron chi connectivity index (χ4n) is 1.54. The van der Waals surface area contributed by atoms with Crippen molar-refractivity contribution in [3.05, 3.63) is 35.4 Å². The summed E-state index contributed by atoms with van der Waals surface area (Å²) in [5, 5.41) is 17.9. The van der Waals surface area contributed by atoms with E-state index in [1.54, 1.807) is 24.3 Å². The molecule has 0 saturated heterocycles. The van der Waals surface area contributed by atoms with Gasteiger partial charge in [-0.3, -0.25) is 4.79 Å². The van der Waals surface area contributed by atoms with Crippen LogP contribution in [0.3, 0.4) is 0 Å². The van der Waals surface area contributed by atoms with Crippen LogP contribution in [-0.4, -0.2) is 22.9 Å². The number of rotatable bonds is 1. The number of Topliss-reactive ketones (excluding diaryl/α,β-unsaturated/α-hetero) is 1. The molecule has 1 aliphatic carbocycles. The molecule has 0 heterocycles. The summed E-state index contributed by atoms with van der Waals surface area (Å²) in [5.41, 5.74) is 1.81. The highest BCUT2D eigenvalue weighted by molar-refractivity contribution is 6.58. The molecule has 1 aromatic rings. The van der Waals surface area contributed by atoms with Gasteiger partial charge in [-0.15, -0.1) is 0 Å². The summed E-state index contributed by atoms with van der Waals surface area (Å²) >= 11 is 0. The van der Waals surface area contributed by atoms with Gasteiger partial charge in [-0.1, -0.05) is 30.4 Å². The van der Waals surface area contributed by atoms with Gasteiger partial charge in [0.1, 0.15) is 0 Å². The Balaban J connectivity index is 2.51. The van der Waals surface area contributed by atoms with Gasteiger partial charge in [-0.05, 0) is 11.0 Å². The number of allylic oxidation sites excluding steroid dienone is 1. The van der Waals surface area contributed by atoms with Crippen molar-refractivity contribution >= 4 is 24.4 Å². The van der Waals surface area contributed by atoms with Crippen molar-refractivity contribution in [2.24, 2.45) is 0 Å². The monoisotopic (exact) mass is 188 g/mol. The van der Waals surface area contributed by atoms with Crippen LogP contribution in [0.5, 0.6) is 0 Å². The number of carbonyl (C=O) groups is 1. The molecule has 3 nitrogen and oxygen atoms in total. The fraction of sp³-hybridized carbons (Fsp3) is 0.100. The smallest absolute Gasteiger partial charge is 0.423 e. The van der Waals surface area contributed by atoms with Crippen molar-refractivity contribution in [1.82, 2.24) is 0 Å². The standard InChI is InChI=1S/C10H9BO3/c12-10-3-1-2-7-6-8(11(13)14)4-5-9(7)10/h1-2,4-6,13-14H,3H2. The van der Waals surface area contributed by atoms with E-state index in [1.807, 2.05) is 6.08 Å². The minimum Gasteiger partial charge on any atom is -0.423 e. The minimum absolute atomic E-state index is 0.0708. The zero-order chi connectivity index (χ0) is 10.1. The fourth-order valence-corrected chi connectivity index (χ4v) is 1.54. The van der Waals surface area contributed by atoms with Crippen LogP contribution in [0.4, 0.5) is 0 Å². The summed E-state index contributed by atoms with van der Waals surface area (Å²) < 4.78 is 0. The highest BCUT2D eigenvalue weighted by atomic mass is 16.4. The quantitative estimate of drug-likeness (QED) is 0.608. The zero-order valence-electron chi connectivity index (χ0n) is 7.47. The summed E-state index contributed by atoms with van der Waals surface area (Å²) in [6, 6.07) is 4.81. The number of hydrogen-bond acceptors (Lipinski definition) is 3. The van der Waals surface area contributed by atoms with E-state index in [0.717, 1.165) is 5.56 Å². The molecule has 14 heavy (non-hydrogen) atoms.